The number of aromatic nitrogens is 6. The average Bonchev–Trinajstić information content (AvgIpc) is 3.58. The third-order valence-electron chi connectivity index (χ3n) is 8.82. The van der Waals surface area contributed by atoms with Gasteiger partial charge >= 0.3 is 0 Å². The monoisotopic (exact) mass is 546 g/mol. The highest BCUT2D eigenvalue weighted by Crippen LogP contribution is 2.38. The summed E-state index contributed by atoms with van der Waals surface area (Å²) in [5.74, 6) is 2.12. The molecule has 3 atom stereocenters. The average molecular weight is 547 g/mol. The van der Waals surface area contributed by atoms with Crippen LogP contribution >= 0.6 is 0 Å². The third-order valence-corrected chi connectivity index (χ3v) is 8.82. The quantitative estimate of drug-likeness (QED) is 0.297. The summed E-state index contributed by atoms with van der Waals surface area (Å²) >= 11 is 0. The lowest BCUT2D eigenvalue weighted by molar-refractivity contribution is -0.0579. The molecule has 0 bridgehead atoms. The number of H-pyrrole nitrogens is 1. The van der Waals surface area contributed by atoms with E-state index in [9.17, 15) is 5.11 Å². The molecule has 6 rings (SSSR count). The van der Waals surface area contributed by atoms with Gasteiger partial charge in [-0.1, -0.05) is 26.8 Å². The maximum atomic E-state index is 10.9. The number of ether oxygens (including phenoxy) is 1. The fourth-order valence-corrected chi connectivity index (χ4v) is 6.31. The van der Waals surface area contributed by atoms with Crippen molar-refractivity contribution in [3.63, 3.8) is 0 Å². The number of hydrogen-bond acceptors (Lipinski definition) is 8. The van der Waals surface area contributed by atoms with Crippen LogP contribution < -0.4 is 5.73 Å². The Hall–Kier alpha value is -3.08. The zero-order valence-electron chi connectivity index (χ0n) is 24.2. The molecule has 214 valence electrons. The van der Waals surface area contributed by atoms with Gasteiger partial charge in [-0.05, 0) is 62.1 Å². The molecule has 1 unspecified atom stereocenters. The van der Waals surface area contributed by atoms with E-state index in [1.165, 1.54) is 24.7 Å². The van der Waals surface area contributed by atoms with Crippen molar-refractivity contribution in [2.45, 2.75) is 103 Å². The van der Waals surface area contributed by atoms with Gasteiger partial charge in [-0.25, -0.2) is 19.9 Å². The van der Waals surface area contributed by atoms with Crippen LogP contribution in [0.15, 0.2) is 30.9 Å². The first kappa shape index (κ1) is 27.1. The van der Waals surface area contributed by atoms with Crippen LogP contribution in [0, 0.1) is 5.92 Å². The van der Waals surface area contributed by atoms with Gasteiger partial charge < -0.3 is 20.6 Å². The molecule has 10 nitrogen and oxygen atoms in total. The lowest BCUT2D eigenvalue weighted by Crippen LogP contribution is -2.52. The van der Waals surface area contributed by atoms with E-state index in [0.29, 0.717) is 47.9 Å². The molecule has 4 N–H and O–H groups in total. The van der Waals surface area contributed by atoms with Crippen molar-refractivity contribution in [2.24, 2.45) is 5.92 Å². The van der Waals surface area contributed by atoms with Crippen molar-refractivity contribution >= 4 is 28.0 Å². The molecule has 1 saturated heterocycles. The zero-order valence-corrected chi connectivity index (χ0v) is 24.2. The SMILES string of the molecule is CC(C)N(C[C@H]1O[C@@H](n2cnc3c(N)ncnc32)CC1O)[C@H]1C[C@@H](CCc2nc3cc(C(C)(C)C)ccc3[nH]2)C1. The Morgan fingerprint density at radius 1 is 1.18 bits per heavy atom. The van der Waals surface area contributed by atoms with Gasteiger partial charge in [-0.3, -0.25) is 9.47 Å². The standard InChI is InChI=1S/C30H42N8O2/c1-17(2)37(14-24-23(39)13-26(40-24)38-16-34-27-28(31)32-15-33-29(27)38)20-10-18(11-20)6-9-25-35-21-8-7-19(30(3,4)5)12-22(21)36-25/h7-8,12,15-18,20,23-24,26,39H,6,9-11,13-14H2,1-5H3,(H,35,36)(H2,31,32,33)/t18-,20+,23?,24-,26-/m1/s1. The highest BCUT2D eigenvalue weighted by atomic mass is 16.5. The van der Waals surface area contributed by atoms with Gasteiger partial charge in [0, 0.05) is 31.5 Å². The van der Waals surface area contributed by atoms with Gasteiger partial charge in [0.05, 0.1) is 29.6 Å². The number of nitrogens with zero attached hydrogens (tertiary/aromatic N) is 6. The number of hydrogen-bond donors (Lipinski definition) is 3. The van der Waals surface area contributed by atoms with Gasteiger partial charge in [0.25, 0.3) is 0 Å². The van der Waals surface area contributed by atoms with Crippen LogP contribution in [0.2, 0.25) is 0 Å². The fraction of sp³-hybridized carbons (Fsp3) is 0.600. The molecule has 1 saturated carbocycles. The maximum absolute atomic E-state index is 10.9. The first-order valence-corrected chi connectivity index (χ1v) is 14.6. The Labute approximate surface area is 235 Å². The predicted octanol–water partition coefficient (Wildman–Crippen LogP) is 4.35. The highest BCUT2D eigenvalue weighted by molar-refractivity contribution is 5.81. The molecule has 40 heavy (non-hydrogen) atoms. The summed E-state index contributed by atoms with van der Waals surface area (Å²) in [5, 5.41) is 10.9. The molecule has 0 amide bonds. The molecule has 1 aromatic carbocycles. The molecule has 2 fully saturated rings. The van der Waals surface area contributed by atoms with Crippen LogP contribution in [-0.2, 0) is 16.6 Å². The second-order valence-electron chi connectivity index (χ2n) is 13.0. The van der Waals surface area contributed by atoms with Crippen LogP contribution in [0.1, 0.15) is 77.9 Å². The van der Waals surface area contributed by atoms with E-state index >= 15 is 0 Å². The lowest BCUT2D eigenvalue weighted by Gasteiger charge is -2.46. The highest BCUT2D eigenvalue weighted by Gasteiger charge is 2.41. The molecule has 0 radical (unpaired) electrons. The van der Waals surface area contributed by atoms with Crippen LogP contribution in [0.25, 0.3) is 22.2 Å². The summed E-state index contributed by atoms with van der Waals surface area (Å²) < 4.78 is 8.23. The summed E-state index contributed by atoms with van der Waals surface area (Å²) in [7, 11) is 0. The van der Waals surface area contributed by atoms with Crippen molar-refractivity contribution in [1.82, 2.24) is 34.4 Å². The van der Waals surface area contributed by atoms with Crippen molar-refractivity contribution in [3.05, 3.63) is 42.2 Å². The van der Waals surface area contributed by atoms with Crippen LogP contribution in [0.4, 0.5) is 5.82 Å². The van der Waals surface area contributed by atoms with Gasteiger partial charge in [0.15, 0.2) is 11.5 Å². The molecular formula is C30H42N8O2. The second-order valence-corrected chi connectivity index (χ2v) is 13.0. The minimum atomic E-state index is -0.550. The Bertz CT molecular complexity index is 1480. The number of fused-ring (bicyclic) bond motifs is 2. The number of nitrogen functional groups attached to an aromatic ring is 1. The molecule has 1 aliphatic heterocycles. The third kappa shape index (κ3) is 5.20. The van der Waals surface area contributed by atoms with E-state index < -0.39 is 6.10 Å². The Kier molecular flexibility index (Phi) is 7.04. The van der Waals surface area contributed by atoms with Crippen LogP contribution in [-0.4, -0.2) is 70.3 Å². The Morgan fingerprint density at radius 2 is 1.98 bits per heavy atom. The number of aliphatic hydroxyl groups is 1. The van der Waals surface area contributed by atoms with Crippen LogP contribution in [0.5, 0.6) is 0 Å². The number of aromatic amines is 1. The normalized spacial score (nSPS) is 25.4. The van der Waals surface area contributed by atoms with E-state index in [-0.39, 0.29) is 17.7 Å². The van der Waals surface area contributed by atoms with Crippen molar-refractivity contribution in [1.29, 1.82) is 0 Å². The minimum Gasteiger partial charge on any atom is -0.390 e. The smallest absolute Gasteiger partial charge is 0.167 e. The molecular weight excluding hydrogens is 504 g/mol. The molecule has 2 aliphatic rings. The molecule has 10 heteroatoms. The summed E-state index contributed by atoms with van der Waals surface area (Å²) in [4.78, 5) is 23.6. The lowest BCUT2D eigenvalue weighted by atomic mass is 9.76. The molecule has 3 aromatic heterocycles. The number of benzene rings is 1. The van der Waals surface area contributed by atoms with Crippen molar-refractivity contribution in [3.8, 4) is 0 Å². The molecule has 4 aromatic rings. The number of aryl methyl sites for hydroxylation is 1. The summed E-state index contributed by atoms with van der Waals surface area (Å²) in [6.45, 7) is 11.9. The van der Waals surface area contributed by atoms with E-state index in [1.807, 2.05) is 4.57 Å². The minimum absolute atomic E-state index is 0.119. The largest absolute Gasteiger partial charge is 0.390 e. The topological polar surface area (TPSA) is 131 Å². The van der Waals surface area contributed by atoms with Gasteiger partial charge in [-0.15, -0.1) is 0 Å². The number of nitrogens with one attached hydrogen (secondary N) is 1. The molecule has 0 spiro atoms. The van der Waals surface area contributed by atoms with Gasteiger partial charge in [0.1, 0.15) is 23.9 Å². The Morgan fingerprint density at radius 3 is 2.73 bits per heavy atom. The van der Waals surface area contributed by atoms with Crippen LogP contribution in [0.3, 0.4) is 0 Å². The van der Waals surface area contributed by atoms with Crippen molar-refractivity contribution in [2.75, 3.05) is 12.3 Å². The maximum Gasteiger partial charge on any atom is 0.167 e. The fourth-order valence-electron chi connectivity index (χ4n) is 6.31. The predicted molar refractivity (Wildman–Crippen MR) is 156 cm³/mol. The Balaban J connectivity index is 1.04. The van der Waals surface area contributed by atoms with Gasteiger partial charge in [0.2, 0.25) is 0 Å². The number of imidazole rings is 2. The van der Waals surface area contributed by atoms with E-state index in [0.717, 1.165) is 29.7 Å². The molecule has 1 aliphatic carbocycles. The number of aliphatic hydroxyl groups excluding tert-OH is 1. The first-order chi connectivity index (χ1) is 19.1. The van der Waals surface area contributed by atoms with E-state index in [4.69, 9.17) is 15.5 Å². The van der Waals surface area contributed by atoms with Crippen molar-refractivity contribution < 1.29 is 9.84 Å². The van der Waals surface area contributed by atoms with E-state index in [2.05, 4.69) is 77.7 Å². The summed E-state index contributed by atoms with van der Waals surface area (Å²) in [6.07, 6.45) is 6.90. The first-order valence-electron chi connectivity index (χ1n) is 14.6. The van der Waals surface area contributed by atoms with Gasteiger partial charge in [-0.2, -0.15) is 0 Å². The summed E-state index contributed by atoms with van der Waals surface area (Å²) in [6, 6.07) is 7.46. The number of rotatable bonds is 8. The number of anilines is 1. The van der Waals surface area contributed by atoms with E-state index in [1.54, 1.807) is 6.33 Å². The zero-order chi connectivity index (χ0) is 28.2. The molecule has 4 heterocycles. The number of nitrogens with two attached hydrogens (primary N) is 1. The summed E-state index contributed by atoms with van der Waals surface area (Å²) in [5.41, 5.74) is 10.8. The second kappa shape index (κ2) is 10.4.